The molecular formula is C18H36N2. The van der Waals surface area contributed by atoms with Gasteiger partial charge >= 0.3 is 0 Å². The molecule has 0 radical (unpaired) electrons. The third-order valence-electron chi connectivity index (χ3n) is 5.34. The first-order valence-electron chi connectivity index (χ1n) is 9.33. The molecule has 1 heterocycles. The van der Waals surface area contributed by atoms with Crippen LogP contribution in [0.25, 0.3) is 0 Å². The van der Waals surface area contributed by atoms with E-state index in [0.29, 0.717) is 0 Å². The highest BCUT2D eigenvalue weighted by molar-refractivity contribution is 4.70. The van der Waals surface area contributed by atoms with E-state index in [9.17, 15) is 0 Å². The minimum Gasteiger partial charge on any atom is -0.303 e. The summed E-state index contributed by atoms with van der Waals surface area (Å²) in [7, 11) is 0. The van der Waals surface area contributed by atoms with Crippen LogP contribution in [0.3, 0.4) is 0 Å². The van der Waals surface area contributed by atoms with E-state index in [2.05, 4.69) is 16.7 Å². The van der Waals surface area contributed by atoms with Crippen LogP contribution in [-0.4, -0.2) is 49.1 Å². The summed E-state index contributed by atoms with van der Waals surface area (Å²) in [5.74, 6) is 1.01. The predicted octanol–water partition coefficient (Wildman–Crippen LogP) is 4.15. The summed E-state index contributed by atoms with van der Waals surface area (Å²) >= 11 is 0. The van der Waals surface area contributed by atoms with Crippen LogP contribution in [0, 0.1) is 5.92 Å². The van der Waals surface area contributed by atoms with Crippen molar-refractivity contribution in [2.24, 2.45) is 5.92 Å². The Hall–Kier alpha value is -0.0800. The molecular weight excluding hydrogens is 244 g/mol. The SMILES string of the molecule is CCN(CCCCN1CCCCC1)CC1CCCCC1. The molecule has 1 aliphatic carbocycles. The summed E-state index contributed by atoms with van der Waals surface area (Å²) in [5, 5.41) is 0. The van der Waals surface area contributed by atoms with Gasteiger partial charge in [0, 0.05) is 6.54 Å². The normalized spacial score (nSPS) is 22.5. The molecule has 2 nitrogen and oxygen atoms in total. The molecule has 1 saturated carbocycles. The van der Waals surface area contributed by atoms with Gasteiger partial charge in [-0.15, -0.1) is 0 Å². The Balaban J connectivity index is 1.53. The highest BCUT2D eigenvalue weighted by Gasteiger charge is 2.16. The standard InChI is InChI=1S/C18H36N2/c1-2-19(17-18-11-5-3-6-12-18)13-9-10-16-20-14-7-4-8-15-20/h18H,2-17H2,1H3. The molecule has 0 atom stereocenters. The van der Waals surface area contributed by atoms with Crippen molar-refractivity contribution in [3.05, 3.63) is 0 Å². The molecule has 0 aromatic heterocycles. The van der Waals surface area contributed by atoms with Gasteiger partial charge in [-0.3, -0.25) is 0 Å². The maximum Gasteiger partial charge on any atom is 0.000954 e. The Labute approximate surface area is 126 Å². The van der Waals surface area contributed by atoms with Gasteiger partial charge in [0.25, 0.3) is 0 Å². The third-order valence-corrected chi connectivity index (χ3v) is 5.34. The monoisotopic (exact) mass is 280 g/mol. The molecule has 2 rings (SSSR count). The second-order valence-electron chi connectivity index (χ2n) is 7.01. The molecule has 2 fully saturated rings. The van der Waals surface area contributed by atoms with Crippen molar-refractivity contribution >= 4 is 0 Å². The second-order valence-corrected chi connectivity index (χ2v) is 7.01. The van der Waals surface area contributed by atoms with E-state index in [-0.39, 0.29) is 0 Å². The van der Waals surface area contributed by atoms with E-state index in [1.807, 2.05) is 0 Å². The molecule has 0 aromatic carbocycles. The van der Waals surface area contributed by atoms with Crippen LogP contribution < -0.4 is 0 Å². The van der Waals surface area contributed by atoms with Gasteiger partial charge in [-0.05, 0) is 77.2 Å². The maximum absolute atomic E-state index is 2.71. The molecule has 0 N–H and O–H groups in total. The minimum absolute atomic E-state index is 1.01. The van der Waals surface area contributed by atoms with Crippen molar-refractivity contribution in [1.29, 1.82) is 0 Å². The Bertz CT molecular complexity index is 230. The number of hydrogen-bond donors (Lipinski definition) is 0. The number of piperidine rings is 1. The van der Waals surface area contributed by atoms with E-state index in [0.717, 1.165) is 5.92 Å². The molecule has 0 bridgehead atoms. The van der Waals surface area contributed by atoms with Crippen LogP contribution in [0.15, 0.2) is 0 Å². The van der Waals surface area contributed by atoms with E-state index < -0.39 is 0 Å². The summed E-state index contributed by atoms with van der Waals surface area (Å²) in [4.78, 5) is 5.40. The lowest BCUT2D eigenvalue weighted by Crippen LogP contribution is -2.33. The van der Waals surface area contributed by atoms with Gasteiger partial charge in [-0.1, -0.05) is 32.6 Å². The van der Waals surface area contributed by atoms with E-state index in [1.165, 1.54) is 103 Å². The number of rotatable bonds is 8. The zero-order valence-corrected chi connectivity index (χ0v) is 13.8. The summed E-state index contributed by atoms with van der Waals surface area (Å²) in [6.45, 7) is 10.4. The quantitative estimate of drug-likeness (QED) is 0.616. The molecule has 2 aliphatic rings. The topological polar surface area (TPSA) is 6.48 Å². The molecule has 0 aromatic rings. The fraction of sp³-hybridized carbons (Fsp3) is 1.00. The first-order valence-corrected chi connectivity index (χ1v) is 9.33. The number of hydrogen-bond acceptors (Lipinski definition) is 2. The lowest BCUT2D eigenvalue weighted by Gasteiger charge is -2.29. The summed E-state index contributed by atoms with van der Waals surface area (Å²) in [6, 6.07) is 0. The molecule has 118 valence electrons. The van der Waals surface area contributed by atoms with Gasteiger partial charge in [0.05, 0.1) is 0 Å². The Morgan fingerprint density at radius 2 is 1.60 bits per heavy atom. The minimum atomic E-state index is 1.01. The zero-order chi connectivity index (χ0) is 14.0. The first kappa shape index (κ1) is 16.3. The fourth-order valence-corrected chi connectivity index (χ4v) is 3.97. The van der Waals surface area contributed by atoms with Crippen molar-refractivity contribution in [3.63, 3.8) is 0 Å². The largest absolute Gasteiger partial charge is 0.303 e. The van der Waals surface area contributed by atoms with E-state index in [1.54, 1.807) is 0 Å². The molecule has 1 saturated heterocycles. The van der Waals surface area contributed by atoms with Crippen LogP contribution in [0.5, 0.6) is 0 Å². The highest BCUT2D eigenvalue weighted by Crippen LogP contribution is 2.24. The third kappa shape index (κ3) is 6.13. The van der Waals surface area contributed by atoms with Crippen molar-refractivity contribution in [2.45, 2.75) is 71.1 Å². The number of likely N-dealkylation sites (tertiary alicyclic amines) is 1. The summed E-state index contributed by atoms with van der Waals surface area (Å²) < 4.78 is 0. The van der Waals surface area contributed by atoms with Crippen molar-refractivity contribution in [3.8, 4) is 0 Å². The van der Waals surface area contributed by atoms with Crippen LogP contribution in [-0.2, 0) is 0 Å². The van der Waals surface area contributed by atoms with Gasteiger partial charge in [-0.25, -0.2) is 0 Å². The first-order chi connectivity index (χ1) is 9.88. The predicted molar refractivity (Wildman–Crippen MR) is 88.2 cm³/mol. The van der Waals surface area contributed by atoms with Gasteiger partial charge in [-0.2, -0.15) is 0 Å². The number of nitrogens with zero attached hydrogens (tertiary/aromatic N) is 2. The molecule has 2 heteroatoms. The second kappa shape index (κ2) is 9.78. The molecule has 20 heavy (non-hydrogen) atoms. The van der Waals surface area contributed by atoms with Crippen molar-refractivity contribution in [2.75, 3.05) is 39.3 Å². The number of unbranched alkanes of at least 4 members (excludes halogenated alkanes) is 1. The van der Waals surface area contributed by atoms with Crippen LogP contribution in [0.2, 0.25) is 0 Å². The van der Waals surface area contributed by atoms with E-state index in [4.69, 9.17) is 0 Å². The van der Waals surface area contributed by atoms with Gasteiger partial charge < -0.3 is 9.80 Å². The van der Waals surface area contributed by atoms with Gasteiger partial charge in [0.2, 0.25) is 0 Å². The van der Waals surface area contributed by atoms with Crippen molar-refractivity contribution < 1.29 is 0 Å². The molecule has 1 aliphatic heterocycles. The molecule has 0 unspecified atom stereocenters. The van der Waals surface area contributed by atoms with Gasteiger partial charge in [0.15, 0.2) is 0 Å². The summed E-state index contributed by atoms with van der Waals surface area (Å²) in [6.07, 6.45) is 14.6. The smallest absolute Gasteiger partial charge is 0.000954 e. The fourth-order valence-electron chi connectivity index (χ4n) is 3.97. The lowest BCUT2D eigenvalue weighted by atomic mass is 9.89. The molecule has 0 spiro atoms. The Morgan fingerprint density at radius 3 is 2.30 bits per heavy atom. The lowest BCUT2D eigenvalue weighted by molar-refractivity contribution is 0.193. The summed E-state index contributed by atoms with van der Waals surface area (Å²) in [5.41, 5.74) is 0. The average Bonchev–Trinajstić information content (AvgIpc) is 2.52. The van der Waals surface area contributed by atoms with E-state index >= 15 is 0 Å². The Kier molecular flexibility index (Phi) is 7.97. The maximum atomic E-state index is 2.71. The molecule has 0 amide bonds. The highest BCUT2D eigenvalue weighted by atomic mass is 15.1. The van der Waals surface area contributed by atoms with Gasteiger partial charge in [0.1, 0.15) is 0 Å². The zero-order valence-electron chi connectivity index (χ0n) is 13.8. The van der Waals surface area contributed by atoms with Crippen LogP contribution in [0.1, 0.15) is 71.1 Å². The Morgan fingerprint density at radius 1 is 0.900 bits per heavy atom. The van der Waals surface area contributed by atoms with Crippen LogP contribution in [0.4, 0.5) is 0 Å². The average molecular weight is 280 g/mol. The van der Waals surface area contributed by atoms with Crippen molar-refractivity contribution in [1.82, 2.24) is 9.80 Å². The van der Waals surface area contributed by atoms with Crippen LogP contribution >= 0.6 is 0 Å².